The Morgan fingerprint density at radius 1 is 1.12 bits per heavy atom. The normalized spacial score (nSPS) is 17.7. The molecule has 3 aromatic rings. The van der Waals surface area contributed by atoms with E-state index < -0.39 is 0 Å². The summed E-state index contributed by atoms with van der Waals surface area (Å²) in [6, 6.07) is 12.1. The van der Waals surface area contributed by atoms with Gasteiger partial charge in [0.1, 0.15) is 5.82 Å². The van der Waals surface area contributed by atoms with Gasteiger partial charge in [0.25, 0.3) is 5.56 Å². The predicted molar refractivity (Wildman–Crippen MR) is 104 cm³/mol. The molecule has 2 aliphatic rings. The largest absolute Gasteiger partial charge is 0.296 e. The quantitative estimate of drug-likeness (QED) is 0.495. The topological polar surface area (TPSA) is 34.9 Å². The van der Waals surface area contributed by atoms with Crippen molar-refractivity contribution < 1.29 is 0 Å². The van der Waals surface area contributed by atoms with E-state index in [4.69, 9.17) is 11.6 Å². The standard InChI is InChI=1S/C20H16BrClN2O/c21-12-7-8-13-16(11-12)24-15-6-4-5-14(22)17(15)18(25)23-19(24)20(13)9-2-1-3-10-20/h4-8,11H,1-3,9-10H2. The van der Waals surface area contributed by atoms with Crippen LogP contribution >= 0.6 is 27.5 Å². The van der Waals surface area contributed by atoms with E-state index in [-0.39, 0.29) is 11.0 Å². The fourth-order valence-corrected chi connectivity index (χ4v) is 5.25. The number of aromatic nitrogens is 2. The fraction of sp³-hybridized carbons (Fsp3) is 0.300. The van der Waals surface area contributed by atoms with Gasteiger partial charge in [-0.2, -0.15) is 4.98 Å². The molecular weight excluding hydrogens is 400 g/mol. The zero-order valence-electron chi connectivity index (χ0n) is 13.6. The van der Waals surface area contributed by atoms with Gasteiger partial charge in [-0.3, -0.25) is 9.36 Å². The van der Waals surface area contributed by atoms with Crippen molar-refractivity contribution >= 4 is 38.4 Å². The Hall–Kier alpha value is -1.65. The molecule has 1 aliphatic heterocycles. The van der Waals surface area contributed by atoms with Gasteiger partial charge in [-0.05, 0) is 42.7 Å². The Bertz CT molecular complexity index is 1080. The van der Waals surface area contributed by atoms with Crippen molar-refractivity contribution in [2.45, 2.75) is 37.5 Å². The second kappa shape index (κ2) is 5.42. The molecule has 0 radical (unpaired) electrons. The number of nitrogens with zero attached hydrogens (tertiary/aromatic N) is 2. The molecule has 3 nitrogen and oxygen atoms in total. The van der Waals surface area contributed by atoms with Gasteiger partial charge in [-0.25, -0.2) is 0 Å². The van der Waals surface area contributed by atoms with E-state index in [2.05, 4.69) is 43.7 Å². The number of benzene rings is 2. The third-order valence-electron chi connectivity index (χ3n) is 5.72. The minimum absolute atomic E-state index is 0.149. The Balaban J connectivity index is 1.97. The second-order valence-corrected chi connectivity index (χ2v) is 8.34. The number of halogens is 2. The Kier molecular flexibility index (Phi) is 3.38. The highest BCUT2D eigenvalue weighted by molar-refractivity contribution is 9.10. The molecule has 126 valence electrons. The first-order chi connectivity index (χ1) is 12.1. The van der Waals surface area contributed by atoms with Gasteiger partial charge in [-0.1, -0.05) is 58.9 Å². The molecule has 1 spiro atoms. The van der Waals surface area contributed by atoms with E-state index in [1.54, 1.807) is 6.07 Å². The molecule has 0 N–H and O–H groups in total. The summed E-state index contributed by atoms with van der Waals surface area (Å²) in [7, 11) is 0. The third-order valence-corrected chi connectivity index (χ3v) is 6.53. The van der Waals surface area contributed by atoms with Gasteiger partial charge >= 0.3 is 0 Å². The lowest BCUT2D eigenvalue weighted by Crippen LogP contribution is -2.32. The molecule has 0 atom stereocenters. The fourth-order valence-electron chi connectivity index (χ4n) is 4.66. The highest BCUT2D eigenvalue weighted by Gasteiger charge is 2.46. The average molecular weight is 416 g/mol. The first-order valence-electron chi connectivity index (χ1n) is 8.64. The van der Waals surface area contributed by atoms with E-state index >= 15 is 0 Å². The van der Waals surface area contributed by atoms with E-state index in [9.17, 15) is 4.79 Å². The van der Waals surface area contributed by atoms with Crippen molar-refractivity contribution in [2.24, 2.45) is 0 Å². The lowest BCUT2D eigenvalue weighted by molar-refractivity contribution is 0.339. The zero-order chi connectivity index (χ0) is 17.2. The molecule has 5 heteroatoms. The van der Waals surface area contributed by atoms with Gasteiger partial charge in [0.2, 0.25) is 0 Å². The summed E-state index contributed by atoms with van der Waals surface area (Å²) in [6.45, 7) is 0. The van der Waals surface area contributed by atoms with Crippen LogP contribution in [-0.4, -0.2) is 9.55 Å². The Morgan fingerprint density at radius 2 is 1.92 bits per heavy atom. The van der Waals surface area contributed by atoms with E-state index in [0.29, 0.717) is 10.4 Å². The summed E-state index contributed by atoms with van der Waals surface area (Å²) in [5, 5.41) is 0.971. The highest BCUT2D eigenvalue weighted by Crippen LogP contribution is 2.51. The molecule has 0 unspecified atom stereocenters. The molecular formula is C20H16BrClN2O. The van der Waals surface area contributed by atoms with Gasteiger partial charge in [0, 0.05) is 4.47 Å². The maximum absolute atomic E-state index is 12.8. The molecule has 1 aliphatic carbocycles. The van der Waals surface area contributed by atoms with Crippen molar-refractivity contribution in [3.05, 3.63) is 67.6 Å². The molecule has 0 bridgehead atoms. The number of hydrogen-bond donors (Lipinski definition) is 0. The van der Waals surface area contributed by atoms with Crippen LogP contribution < -0.4 is 5.56 Å². The highest BCUT2D eigenvalue weighted by atomic mass is 79.9. The lowest BCUT2D eigenvalue weighted by atomic mass is 9.70. The summed E-state index contributed by atoms with van der Waals surface area (Å²) in [5.41, 5.74) is 2.89. The molecule has 25 heavy (non-hydrogen) atoms. The van der Waals surface area contributed by atoms with Crippen molar-refractivity contribution in [3.63, 3.8) is 0 Å². The van der Waals surface area contributed by atoms with Crippen LogP contribution in [0.2, 0.25) is 5.02 Å². The van der Waals surface area contributed by atoms with Gasteiger partial charge in [-0.15, -0.1) is 0 Å². The predicted octanol–water partition coefficient (Wildman–Crippen LogP) is 5.37. The zero-order valence-corrected chi connectivity index (χ0v) is 15.9. The molecule has 2 heterocycles. The summed E-state index contributed by atoms with van der Waals surface area (Å²) in [6.07, 6.45) is 5.66. The third kappa shape index (κ3) is 2.04. The molecule has 0 saturated heterocycles. The first kappa shape index (κ1) is 15.6. The van der Waals surface area contributed by atoms with Crippen LogP contribution in [0.25, 0.3) is 16.6 Å². The van der Waals surface area contributed by atoms with Gasteiger partial charge in [0.15, 0.2) is 0 Å². The minimum Gasteiger partial charge on any atom is -0.296 e. The SMILES string of the molecule is O=c1nc2n(c3cccc(Cl)c13)-c1cc(Br)ccc1C21CCCCC1. The van der Waals surface area contributed by atoms with Crippen LogP contribution in [0.3, 0.4) is 0 Å². The average Bonchev–Trinajstić information content (AvgIpc) is 2.85. The van der Waals surface area contributed by atoms with Crippen LogP contribution in [-0.2, 0) is 5.41 Å². The second-order valence-electron chi connectivity index (χ2n) is 7.01. The Labute approximate surface area is 158 Å². The maximum atomic E-state index is 12.8. The minimum atomic E-state index is -0.219. The molecule has 1 saturated carbocycles. The van der Waals surface area contributed by atoms with Crippen LogP contribution in [0.4, 0.5) is 0 Å². The lowest BCUT2D eigenvalue weighted by Gasteiger charge is -2.33. The number of rotatable bonds is 0. The van der Waals surface area contributed by atoms with Crippen LogP contribution in [0.1, 0.15) is 43.5 Å². The van der Waals surface area contributed by atoms with E-state index in [1.165, 1.54) is 24.8 Å². The van der Waals surface area contributed by atoms with Crippen molar-refractivity contribution in [1.29, 1.82) is 0 Å². The maximum Gasteiger partial charge on any atom is 0.282 e. The van der Waals surface area contributed by atoms with Crippen LogP contribution in [0, 0.1) is 0 Å². The molecule has 0 amide bonds. The number of hydrogen-bond acceptors (Lipinski definition) is 2. The van der Waals surface area contributed by atoms with E-state index in [0.717, 1.165) is 34.3 Å². The molecule has 1 fully saturated rings. The first-order valence-corrected chi connectivity index (χ1v) is 9.81. The molecule has 2 aromatic carbocycles. The summed E-state index contributed by atoms with van der Waals surface area (Å²) in [4.78, 5) is 17.4. The van der Waals surface area contributed by atoms with Crippen LogP contribution in [0.15, 0.2) is 45.7 Å². The smallest absolute Gasteiger partial charge is 0.282 e. The molecule has 1 aromatic heterocycles. The van der Waals surface area contributed by atoms with Gasteiger partial charge < -0.3 is 0 Å². The summed E-state index contributed by atoms with van der Waals surface area (Å²) < 4.78 is 3.19. The Morgan fingerprint density at radius 3 is 2.72 bits per heavy atom. The summed E-state index contributed by atoms with van der Waals surface area (Å²) >= 11 is 9.94. The van der Waals surface area contributed by atoms with Crippen LogP contribution in [0.5, 0.6) is 0 Å². The molecule has 5 rings (SSSR count). The number of fused-ring (bicyclic) bond motifs is 7. The van der Waals surface area contributed by atoms with Crippen molar-refractivity contribution in [2.75, 3.05) is 0 Å². The van der Waals surface area contributed by atoms with Gasteiger partial charge in [0.05, 0.1) is 27.0 Å². The van der Waals surface area contributed by atoms with Crippen molar-refractivity contribution in [3.8, 4) is 5.69 Å². The van der Waals surface area contributed by atoms with E-state index in [1.807, 2.05) is 12.1 Å². The monoisotopic (exact) mass is 414 g/mol. The summed E-state index contributed by atoms with van der Waals surface area (Å²) in [5.74, 6) is 0.889. The van der Waals surface area contributed by atoms with Crippen molar-refractivity contribution in [1.82, 2.24) is 9.55 Å².